The van der Waals surface area contributed by atoms with Crippen molar-refractivity contribution in [2.24, 2.45) is 0 Å². The molecule has 5 rings (SSSR count). The largest absolute Gasteiger partial charge is 0.372 e. The van der Waals surface area contributed by atoms with Gasteiger partial charge in [-0.25, -0.2) is 4.98 Å². The van der Waals surface area contributed by atoms with Gasteiger partial charge >= 0.3 is 0 Å². The Morgan fingerprint density at radius 2 is 1.96 bits per heavy atom. The van der Waals surface area contributed by atoms with Crippen LogP contribution in [0.3, 0.4) is 0 Å². The first-order chi connectivity index (χ1) is 11.4. The Bertz CT molecular complexity index is 866. The normalized spacial score (nSPS) is 16.5. The topological polar surface area (TPSA) is 50.8 Å². The van der Waals surface area contributed by atoms with Crippen molar-refractivity contribution in [3.05, 3.63) is 59.5 Å². The van der Waals surface area contributed by atoms with Gasteiger partial charge in [-0.05, 0) is 42.2 Å². The molecule has 0 spiro atoms. The summed E-state index contributed by atoms with van der Waals surface area (Å²) in [5.41, 5.74) is 6.65. The summed E-state index contributed by atoms with van der Waals surface area (Å²) >= 11 is 0. The van der Waals surface area contributed by atoms with Crippen molar-refractivity contribution in [3.8, 4) is 22.6 Å². The predicted octanol–water partition coefficient (Wildman–Crippen LogP) is 4.05. The van der Waals surface area contributed by atoms with E-state index in [1.54, 1.807) is 0 Å². The number of rotatable bonds is 3. The molecule has 4 heteroatoms. The van der Waals surface area contributed by atoms with Crippen LogP contribution in [-0.4, -0.2) is 15.0 Å². The van der Waals surface area contributed by atoms with E-state index in [1.165, 1.54) is 24.0 Å². The molecule has 2 aromatic heterocycles. The van der Waals surface area contributed by atoms with E-state index in [2.05, 4.69) is 28.2 Å². The number of nitrogens with one attached hydrogen (secondary N) is 1. The van der Waals surface area contributed by atoms with Gasteiger partial charge < -0.3 is 9.72 Å². The molecule has 114 valence electrons. The van der Waals surface area contributed by atoms with Gasteiger partial charge in [0.2, 0.25) is 0 Å². The summed E-state index contributed by atoms with van der Waals surface area (Å²) in [4.78, 5) is 12.9. The molecule has 3 aromatic rings. The molecule has 0 unspecified atom stereocenters. The van der Waals surface area contributed by atoms with E-state index in [0.717, 1.165) is 35.1 Å². The van der Waals surface area contributed by atoms with E-state index in [1.807, 2.05) is 24.4 Å². The van der Waals surface area contributed by atoms with E-state index in [-0.39, 0.29) is 0 Å². The van der Waals surface area contributed by atoms with Crippen molar-refractivity contribution in [3.63, 3.8) is 0 Å². The van der Waals surface area contributed by atoms with Crippen LogP contribution < -0.4 is 0 Å². The number of aromatic nitrogens is 3. The highest BCUT2D eigenvalue weighted by Gasteiger charge is 2.29. The molecule has 0 bridgehead atoms. The first kappa shape index (κ1) is 13.0. The highest BCUT2D eigenvalue weighted by Crippen LogP contribution is 2.41. The minimum Gasteiger partial charge on any atom is -0.372 e. The average molecular weight is 303 g/mol. The molecule has 0 atom stereocenters. The second-order valence-electron chi connectivity index (χ2n) is 6.31. The lowest BCUT2D eigenvalue weighted by atomic mass is 10.0. The number of hydrogen-bond donors (Lipinski definition) is 1. The van der Waals surface area contributed by atoms with E-state index in [4.69, 9.17) is 9.72 Å². The first-order valence-corrected chi connectivity index (χ1v) is 8.10. The average Bonchev–Trinajstić information content (AvgIpc) is 3.18. The molecule has 1 saturated carbocycles. The van der Waals surface area contributed by atoms with Crippen molar-refractivity contribution >= 4 is 0 Å². The van der Waals surface area contributed by atoms with Gasteiger partial charge in [0.05, 0.1) is 30.3 Å². The van der Waals surface area contributed by atoms with E-state index in [9.17, 15) is 0 Å². The van der Waals surface area contributed by atoms with Crippen LogP contribution in [0.5, 0.6) is 0 Å². The summed E-state index contributed by atoms with van der Waals surface area (Å²) in [6, 6.07) is 12.5. The molecule has 4 nitrogen and oxygen atoms in total. The van der Waals surface area contributed by atoms with Crippen LogP contribution in [-0.2, 0) is 18.0 Å². The second-order valence-corrected chi connectivity index (χ2v) is 6.31. The molecule has 1 aliphatic carbocycles. The number of ether oxygens (including phenoxy) is 1. The molecule has 1 aliphatic heterocycles. The molecular formula is C19H17N3O. The maximum Gasteiger partial charge on any atom is 0.110 e. The van der Waals surface area contributed by atoms with Crippen LogP contribution >= 0.6 is 0 Å². The summed E-state index contributed by atoms with van der Waals surface area (Å²) < 4.78 is 5.53. The zero-order chi connectivity index (χ0) is 15.2. The molecule has 23 heavy (non-hydrogen) atoms. The van der Waals surface area contributed by atoms with Gasteiger partial charge in [-0.1, -0.05) is 18.2 Å². The first-order valence-electron chi connectivity index (χ1n) is 8.10. The highest BCUT2D eigenvalue weighted by molar-refractivity contribution is 5.77. The highest BCUT2D eigenvalue weighted by atomic mass is 16.5. The Morgan fingerprint density at radius 1 is 1.04 bits per heavy atom. The summed E-state index contributed by atoms with van der Waals surface area (Å²) in [5.74, 6) is 1.68. The van der Waals surface area contributed by atoms with Crippen LogP contribution in [0.2, 0.25) is 0 Å². The minimum atomic E-state index is 0.587. The zero-order valence-corrected chi connectivity index (χ0v) is 12.7. The van der Waals surface area contributed by atoms with Gasteiger partial charge in [0.25, 0.3) is 0 Å². The summed E-state index contributed by atoms with van der Waals surface area (Å²) in [6.45, 7) is 1.42. The fourth-order valence-electron chi connectivity index (χ4n) is 3.17. The quantitative estimate of drug-likeness (QED) is 0.794. The molecule has 0 amide bonds. The van der Waals surface area contributed by atoms with Crippen LogP contribution in [0.1, 0.15) is 35.7 Å². The van der Waals surface area contributed by atoms with E-state index in [0.29, 0.717) is 12.5 Å². The SMILES string of the molecule is c1ccc(-c2[nH]c(C3CC3)nc2-c2ccc3c(c2)COC3)nc1. The number of aromatic amines is 1. The van der Waals surface area contributed by atoms with Gasteiger partial charge in [0, 0.05) is 17.7 Å². The lowest BCUT2D eigenvalue weighted by molar-refractivity contribution is 0.134. The summed E-state index contributed by atoms with van der Waals surface area (Å²) in [6.07, 6.45) is 4.28. The lowest BCUT2D eigenvalue weighted by Gasteiger charge is -2.04. The van der Waals surface area contributed by atoms with Crippen molar-refractivity contribution in [1.29, 1.82) is 0 Å². The number of benzene rings is 1. The number of pyridine rings is 1. The standard InChI is InChI=1S/C19H17N3O/c1-2-8-20-16(3-1)18-17(21-19(22-18)12-4-5-12)13-6-7-14-10-23-11-15(14)9-13/h1-3,6-9,12H,4-5,10-11H2,(H,21,22). The number of hydrogen-bond acceptors (Lipinski definition) is 3. The predicted molar refractivity (Wildman–Crippen MR) is 87.7 cm³/mol. The van der Waals surface area contributed by atoms with Crippen molar-refractivity contribution in [1.82, 2.24) is 15.0 Å². The number of fused-ring (bicyclic) bond motifs is 1. The Balaban J connectivity index is 1.66. The van der Waals surface area contributed by atoms with Crippen LogP contribution in [0, 0.1) is 0 Å². The van der Waals surface area contributed by atoms with Gasteiger partial charge in [-0.2, -0.15) is 0 Å². The van der Waals surface area contributed by atoms with E-state index >= 15 is 0 Å². The fourth-order valence-corrected chi connectivity index (χ4v) is 3.17. The Hall–Kier alpha value is -2.46. The van der Waals surface area contributed by atoms with Gasteiger partial charge in [0.15, 0.2) is 0 Å². The monoisotopic (exact) mass is 303 g/mol. The Labute approximate surface area is 134 Å². The number of nitrogens with zero attached hydrogens (tertiary/aromatic N) is 2. The smallest absolute Gasteiger partial charge is 0.110 e. The third kappa shape index (κ3) is 2.26. The van der Waals surface area contributed by atoms with Crippen LogP contribution in [0.4, 0.5) is 0 Å². The van der Waals surface area contributed by atoms with Gasteiger partial charge in [-0.15, -0.1) is 0 Å². The molecule has 1 N–H and O–H groups in total. The van der Waals surface area contributed by atoms with Gasteiger partial charge in [0.1, 0.15) is 5.82 Å². The van der Waals surface area contributed by atoms with Crippen molar-refractivity contribution in [2.45, 2.75) is 32.0 Å². The Morgan fingerprint density at radius 3 is 2.78 bits per heavy atom. The van der Waals surface area contributed by atoms with Crippen LogP contribution in [0.15, 0.2) is 42.6 Å². The summed E-state index contributed by atoms with van der Waals surface area (Å²) in [7, 11) is 0. The third-order valence-electron chi connectivity index (χ3n) is 4.60. The van der Waals surface area contributed by atoms with Crippen LogP contribution in [0.25, 0.3) is 22.6 Å². The number of imidazole rings is 1. The fraction of sp³-hybridized carbons (Fsp3) is 0.263. The molecule has 2 aliphatic rings. The maximum absolute atomic E-state index is 5.53. The second kappa shape index (κ2) is 5.03. The molecule has 0 saturated heterocycles. The molecule has 0 radical (unpaired) electrons. The zero-order valence-electron chi connectivity index (χ0n) is 12.7. The maximum atomic E-state index is 5.53. The molecule has 3 heterocycles. The third-order valence-corrected chi connectivity index (χ3v) is 4.60. The van der Waals surface area contributed by atoms with Crippen molar-refractivity contribution < 1.29 is 4.74 Å². The molecule has 1 fully saturated rings. The Kier molecular flexibility index (Phi) is 2.85. The molecular weight excluding hydrogens is 286 g/mol. The van der Waals surface area contributed by atoms with E-state index < -0.39 is 0 Å². The summed E-state index contributed by atoms with van der Waals surface area (Å²) in [5, 5.41) is 0. The minimum absolute atomic E-state index is 0.587. The lowest BCUT2D eigenvalue weighted by Crippen LogP contribution is -1.89. The van der Waals surface area contributed by atoms with Crippen molar-refractivity contribution in [2.75, 3.05) is 0 Å². The van der Waals surface area contributed by atoms with Gasteiger partial charge in [-0.3, -0.25) is 4.98 Å². The number of H-pyrrole nitrogens is 1. The molecule has 1 aromatic carbocycles.